The number of aromatic nitrogens is 1. The molecule has 0 saturated carbocycles. The molecule has 1 rings (SSSR count). The molecule has 0 atom stereocenters. The second-order valence-corrected chi connectivity index (χ2v) is 3.54. The number of hydrogen-bond donors (Lipinski definition) is 1. The van der Waals surface area contributed by atoms with Gasteiger partial charge in [-0.05, 0) is 35.3 Å². The standard InChI is InChI=1S/C9H12BrNO2/c1-6-5-8(13-4-3-12)11-7(2)9(6)10/h5,12H,3-4H2,1-2H3. The molecule has 0 aliphatic heterocycles. The van der Waals surface area contributed by atoms with E-state index in [9.17, 15) is 0 Å². The van der Waals surface area contributed by atoms with Crippen molar-refractivity contribution in [2.45, 2.75) is 13.8 Å². The van der Waals surface area contributed by atoms with Crippen LogP contribution < -0.4 is 4.74 Å². The topological polar surface area (TPSA) is 42.4 Å². The van der Waals surface area contributed by atoms with Crippen molar-refractivity contribution >= 4 is 15.9 Å². The Labute approximate surface area is 85.9 Å². The number of hydrogen-bond acceptors (Lipinski definition) is 3. The first-order valence-electron chi connectivity index (χ1n) is 4.02. The van der Waals surface area contributed by atoms with E-state index < -0.39 is 0 Å². The van der Waals surface area contributed by atoms with Crippen LogP contribution in [0.3, 0.4) is 0 Å². The van der Waals surface area contributed by atoms with Crippen LogP contribution >= 0.6 is 15.9 Å². The number of ether oxygens (including phenoxy) is 1. The van der Waals surface area contributed by atoms with Crippen LogP contribution in [0.15, 0.2) is 10.5 Å². The van der Waals surface area contributed by atoms with Gasteiger partial charge in [-0.3, -0.25) is 0 Å². The second kappa shape index (κ2) is 4.58. The van der Waals surface area contributed by atoms with E-state index in [0.717, 1.165) is 15.7 Å². The summed E-state index contributed by atoms with van der Waals surface area (Å²) in [7, 11) is 0. The van der Waals surface area contributed by atoms with E-state index in [4.69, 9.17) is 9.84 Å². The average Bonchev–Trinajstić information content (AvgIpc) is 2.10. The van der Waals surface area contributed by atoms with Crippen molar-refractivity contribution in [2.24, 2.45) is 0 Å². The average molecular weight is 246 g/mol. The van der Waals surface area contributed by atoms with E-state index in [1.165, 1.54) is 0 Å². The van der Waals surface area contributed by atoms with Crippen LogP contribution in [0.2, 0.25) is 0 Å². The van der Waals surface area contributed by atoms with Crippen molar-refractivity contribution in [2.75, 3.05) is 13.2 Å². The summed E-state index contributed by atoms with van der Waals surface area (Å²) < 4.78 is 6.19. The van der Waals surface area contributed by atoms with E-state index in [1.54, 1.807) is 0 Å². The van der Waals surface area contributed by atoms with Gasteiger partial charge in [-0.15, -0.1) is 0 Å². The minimum absolute atomic E-state index is 0.00976. The number of nitrogens with zero attached hydrogens (tertiary/aromatic N) is 1. The van der Waals surface area contributed by atoms with Crippen molar-refractivity contribution in [3.8, 4) is 5.88 Å². The highest BCUT2D eigenvalue weighted by Crippen LogP contribution is 2.22. The number of aliphatic hydroxyl groups is 1. The molecule has 0 amide bonds. The summed E-state index contributed by atoms with van der Waals surface area (Å²) in [6.07, 6.45) is 0. The third kappa shape index (κ3) is 2.67. The van der Waals surface area contributed by atoms with Crippen LogP contribution in [-0.2, 0) is 0 Å². The summed E-state index contributed by atoms with van der Waals surface area (Å²) in [4.78, 5) is 4.19. The summed E-state index contributed by atoms with van der Waals surface area (Å²) in [5.74, 6) is 0.562. The highest BCUT2D eigenvalue weighted by Gasteiger charge is 2.03. The SMILES string of the molecule is Cc1cc(OCCO)nc(C)c1Br. The molecule has 1 heterocycles. The van der Waals surface area contributed by atoms with Gasteiger partial charge in [0.05, 0.1) is 12.3 Å². The lowest BCUT2D eigenvalue weighted by Crippen LogP contribution is -2.04. The molecule has 0 aliphatic carbocycles. The second-order valence-electron chi connectivity index (χ2n) is 2.75. The van der Waals surface area contributed by atoms with E-state index in [-0.39, 0.29) is 13.2 Å². The summed E-state index contributed by atoms with van der Waals surface area (Å²) in [6, 6.07) is 1.84. The monoisotopic (exact) mass is 245 g/mol. The smallest absolute Gasteiger partial charge is 0.213 e. The van der Waals surface area contributed by atoms with E-state index >= 15 is 0 Å². The fraction of sp³-hybridized carbons (Fsp3) is 0.444. The van der Waals surface area contributed by atoms with Crippen molar-refractivity contribution < 1.29 is 9.84 Å². The molecular formula is C9H12BrNO2. The van der Waals surface area contributed by atoms with Crippen LogP contribution in [-0.4, -0.2) is 23.3 Å². The van der Waals surface area contributed by atoms with E-state index in [0.29, 0.717) is 5.88 Å². The van der Waals surface area contributed by atoms with Crippen LogP contribution in [0.4, 0.5) is 0 Å². The quantitative estimate of drug-likeness (QED) is 0.884. The minimum atomic E-state index is 0.00976. The van der Waals surface area contributed by atoms with Gasteiger partial charge in [-0.2, -0.15) is 0 Å². The number of rotatable bonds is 3. The maximum absolute atomic E-state index is 8.56. The molecule has 0 saturated heterocycles. The van der Waals surface area contributed by atoms with Gasteiger partial charge in [0.2, 0.25) is 5.88 Å². The number of halogens is 1. The predicted octanol–water partition coefficient (Wildman–Crippen LogP) is 1.83. The third-order valence-electron chi connectivity index (χ3n) is 1.62. The highest BCUT2D eigenvalue weighted by molar-refractivity contribution is 9.10. The Kier molecular flexibility index (Phi) is 3.69. The molecular weight excluding hydrogens is 234 g/mol. The summed E-state index contributed by atoms with van der Waals surface area (Å²) in [5, 5.41) is 8.56. The Bertz CT molecular complexity index is 279. The Hall–Kier alpha value is -0.610. The van der Waals surface area contributed by atoms with Crippen molar-refractivity contribution in [1.82, 2.24) is 4.98 Å². The molecule has 0 bridgehead atoms. The molecule has 3 nitrogen and oxygen atoms in total. The first-order chi connectivity index (χ1) is 6.15. The Morgan fingerprint density at radius 1 is 1.54 bits per heavy atom. The lowest BCUT2D eigenvalue weighted by Gasteiger charge is -2.07. The Morgan fingerprint density at radius 3 is 2.77 bits per heavy atom. The lowest BCUT2D eigenvalue weighted by atomic mass is 10.2. The summed E-state index contributed by atoms with van der Waals surface area (Å²) in [6.45, 7) is 4.18. The molecule has 1 aromatic heterocycles. The van der Waals surface area contributed by atoms with Gasteiger partial charge in [0, 0.05) is 10.5 Å². The molecule has 1 aromatic rings. The van der Waals surface area contributed by atoms with Crippen molar-refractivity contribution in [3.05, 3.63) is 21.8 Å². The maximum Gasteiger partial charge on any atom is 0.213 e. The first-order valence-corrected chi connectivity index (χ1v) is 4.82. The molecule has 0 radical (unpaired) electrons. The van der Waals surface area contributed by atoms with Gasteiger partial charge in [0.15, 0.2) is 0 Å². The molecule has 1 N–H and O–H groups in total. The summed E-state index contributed by atoms with van der Waals surface area (Å²) in [5.41, 5.74) is 1.98. The number of aryl methyl sites for hydroxylation is 2. The summed E-state index contributed by atoms with van der Waals surface area (Å²) >= 11 is 3.41. The van der Waals surface area contributed by atoms with Gasteiger partial charge in [0.1, 0.15) is 6.61 Å². The van der Waals surface area contributed by atoms with Gasteiger partial charge < -0.3 is 9.84 Å². The van der Waals surface area contributed by atoms with Crippen LogP contribution in [0.1, 0.15) is 11.3 Å². The van der Waals surface area contributed by atoms with Gasteiger partial charge in [-0.25, -0.2) is 4.98 Å². The van der Waals surface area contributed by atoms with Crippen molar-refractivity contribution in [3.63, 3.8) is 0 Å². The maximum atomic E-state index is 8.56. The molecule has 0 spiro atoms. The largest absolute Gasteiger partial charge is 0.475 e. The van der Waals surface area contributed by atoms with Crippen molar-refractivity contribution in [1.29, 1.82) is 0 Å². The number of pyridine rings is 1. The third-order valence-corrected chi connectivity index (χ3v) is 2.82. The zero-order valence-corrected chi connectivity index (χ0v) is 9.26. The lowest BCUT2D eigenvalue weighted by molar-refractivity contribution is 0.196. The van der Waals surface area contributed by atoms with Gasteiger partial charge in [-0.1, -0.05) is 0 Å². The molecule has 72 valence electrons. The van der Waals surface area contributed by atoms with Crippen LogP contribution in [0.5, 0.6) is 5.88 Å². The van der Waals surface area contributed by atoms with Crippen LogP contribution in [0.25, 0.3) is 0 Å². The van der Waals surface area contributed by atoms with Gasteiger partial charge in [0.25, 0.3) is 0 Å². The zero-order valence-electron chi connectivity index (χ0n) is 7.67. The fourth-order valence-electron chi connectivity index (χ4n) is 1.00. The normalized spacial score (nSPS) is 10.2. The fourth-order valence-corrected chi connectivity index (χ4v) is 1.21. The molecule has 0 fully saturated rings. The van der Waals surface area contributed by atoms with E-state index in [2.05, 4.69) is 20.9 Å². The molecule has 0 aromatic carbocycles. The Balaban J connectivity index is 2.86. The highest BCUT2D eigenvalue weighted by atomic mass is 79.9. The molecule has 0 unspecified atom stereocenters. The first kappa shape index (κ1) is 10.5. The Morgan fingerprint density at radius 2 is 2.23 bits per heavy atom. The van der Waals surface area contributed by atoms with Gasteiger partial charge >= 0.3 is 0 Å². The molecule has 13 heavy (non-hydrogen) atoms. The minimum Gasteiger partial charge on any atom is -0.475 e. The predicted molar refractivity (Wildman–Crippen MR) is 54.0 cm³/mol. The van der Waals surface area contributed by atoms with Crippen LogP contribution in [0, 0.1) is 13.8 Å². The number of aliphatic hydroxyl groups excluding tert-OH is 1. The zero-order chi connectivity index (χ0) is 9.84. The molecule has 0 aliphatic rings. The molecule has 4 heteroatoms. The van der Waals surface area contributed by atoms with E-state index in [1.807, 2.05) is 19.9 Å².